The highest BCUT2D eigenvalue weighted by Gasteiger charge is 2.69. The monoisotopic (exact) mass is 648 g/mol. The van der Waals surface area contributed by atoms with Gasteiger partial charge in [0, 0.05) is 13.0 Å². The Morgan fingerprint density at radius 2 is 1.28 bits per heavy atom. The Kier molecular flexibility index (Phi) is 6.82. The van der Waals surface area contributed by atoms with E-state index in [0.29, 0.717) is 38.1 Å². The first-order valence-corrected chi connectivity index (χ1v) is 19.1. The van der Waals surface area contributed by atoms with Crippen LogP contribution in [0.15, 0.2) is 0 Å². The number of hydrogen-bond acceptors (Lipinski definition) is 4. The van der Waals surface area contributed by atoms with Crippen molar-refractivity contribution in [2.75, 3.05) is 6.54 Å². The van der Waals surface area contributed by atoms with Crippen LogP contribution in [0.3, 0.4) is 0 Å². The summed E-state index contributed by atoms with van der Waals surface area (Å²) >= 11 is 0. The lowest BCUT2D eigenvalue weighted by atomic mass is 9.36. The molecule has 47 heavy (non-hydrogen) atoms. The average Bonchev–Trinajstić information content (AvgIpc) is 3.21. The van der Waals surface area contributed by atoms with Crippen LogP contribution < -0.4 is 16.0 Å². The summed E-state index contributed by atoms with van der Waals surface area (Å²) in [7, 11) is 0. The number of nitrogens with one attached hydrogen (secondary N) is 3. The maximum Gasteiger partial charge on any atom is 0.232 e. The van der Waals surface area contributed by atoms with Crippen LogP contribution in [0.25, 0.3) is 0 Å². The van der Waals surface area contributed by atoms with Crippen molar-refractivity contribution in [2.45, 2.75) is 168 Å². The Hall–Kier alpha value is -2.12. The average molecular weight is 649 g/mol. The molecule has 260 valence electrons. The number of rotatable bonds is 5. The van der Waals surface area contributed by atoms with E-state index in [2.05, 4.69) is 50.6 Å². The molecule has 0 aromatic carbocycles. The van der Waals surface area contributed by atoms with Crippen LogP contribution in [-0.4, -0.2) is 46.9 Å². The Balaban J connectivity index is 1.23. The second kappa shape index (κ2) is 9.99. The number of carbonyl (C=O) groups is 4. The van der Waals surface area contributed by atoms with Crippen LogP contribution >= 0.6 is 0 Å². The number of amides is 4. The van der Waals surface area contributed by atoms with Crippen molar-refractivity contribution >= 4 is 23.6 Å². The van der Waals surface area contributed by atoms with Gasteiger partial charge < -0.3 is 16.0 Å². The van der Waals surface area contributed by atoms with Crippen LogP contribution in [0, 0.1) is 43.8 Å². The van der Waals surface area contributed by atoms with Crippen LogP contribution in [-0.2, 0) is 19.2 Å². The van der Waals surface area contributed by atoms with Gasteiger partial charge in [0.1, 0.15) is 11.8 Å². The summed E-state index contributed by atoms with van der Waals surface area (Å²) in [5, 5.41) is 9.98. The van der Waals surface area contributed by atoms with Crippen LogP contribution in [0.1, 0.15) is 157 Å². The molecule has 8 bridgehead atoms. The summed E-state index contributed by atoms with van der Waals surface area (Å²) in [5.74, 6) is 0.507. The lowest BCUT2D eigenvalue weighted by Crippen LogP contribution is -2.74. The highest BCUT2D eigenvalue weighted by Crippen LogP contribution is 2.74. The molecule has 2 aliphatic heterocycles. The quantitative estimate of drug-likeness (QED) is 0.303. The summed E-state index contributed by atoms with van der Waals surface area (Å²) in [5.41, 5.74) is -1.64. The van der Waals surface area contributed by atoms with Gasteiger partial charge in [-0.2, -0.15) is 0 Å². The van der Waals surface area contributed by atoms with E-state index in [4.69, 9.17) is 0 Å². The summed E-state index contributed by atoms with van der Waals surface area (Å²) in [6.45, 7) is 12.5. The molecule has 2 unspecified atom stereocenters. The molecule has 3 N–H and O–H groups in total. The van der Waals surface area contributed by atoms with Gasteiger partial charge in [-0.1, -0.05) is 34.6 Å². The van der Waals surface area contributed by atoms with E-state index in [0.717, 1.165) is 70.6 Å². The van der Waals surface area contributed by atoms with Crippen molar-refractivity contribution in [3.8, 4) is 0 Å². The fourth-order valence-electron chi connectivity index (χ4n) is 16.0. The van der Waals surface area contributed by atoms with Gasteiger partial charge >= 0.3 is 0 Å². The van der Waals surface area contributed by atoms with E-state index in [1.807, 2.05) is 4.90 Å². The normalized spacial score (nSPS) is 51.5. The predicted octanol–water partition coefficient (Wildman–Crippen LogP) is 6.33. The third-order valence-corrected chi connectivity index (χ3v) is 14.8. The van der Waals surface area contributed by atoms with Gasteiger partial charge in [0.15, 0.2) is 0 Å². The summed E-state index contributed by atoms with van der Waals surface area (Å²) in [6.07, 6.45) is 15.6. The zero-order valence-corrected chi connectivity index (χ0v) is 29.9. The third-order valence-electron chi connectivity index (χ3n) is 14.8. The molecule has 10 aliphatic rings. The van der Waals surface area contributed by atoms with Gasteiger partial charge in [0.2, 0.25) is 23.6 Å². The highest BCUT2D eigenvalue weighted by atomic mass is 16.2. The maximum absolute atomic E-state index is 15.9. The molecule has 8 nitrogen and oxygen atoms in total. The molecule has 0 spiro atoms. The minimum Gasteiger partial charge on any atom is -0.356 e. The van der Waals surface area contributed by atoms with Crippen molar-refractivity contribution < 1.29 is 19.2 Å². The summed E-state index contributed by atoms with van der Waals surface area (Å²) in [6, 6.07) is 0. The molecular formula is C39H60N4O4. The molecule has 8 heteroatoms. The molecule has 2 heterocycles. The smallest absolute Gasteiger partial charge is 0.232 e. The zero-order valence-electron chi connectivity index (χ0n) is 29.9. The second-order valence-corrected chi connectivity index (χ2v) is 20.8. The molecule has 8 aliphatic carbocycles. The van der Waals surface area contributed by atoms with Crippen molar-refractivity contribution in [3.05, 3.63) is 0 Å². The maximum atomic E-state index is 15.9. The van der Waals surface area contributed by atoms with E-state index >= 15 is 9.59 Å². The van der Waals surface area contributed by atoms with Crippen LogP contribution in [0.5, 0.6) is 0 Å². The van der Waals surface area contributed by atoms with Crippen molar-refractivity contribution in [2.24, 2.45) is 43.8 Å². The molecule has 10 fully saturated rings. The molecule has 0 radical (unpaired) electrons. The third kappa shape index (κ3) is 5.18. The molecule has 0 aromatic rings. The summed E-state index contributed by atoms with van der Waals surface area (Å²) in [4.78, 5) is 59.9. The molecule has 2 saturated heterocycles. The Bertz CT molecular complexity index is 1340. The largest absolute Gasteiger partial charge is 0.356 e. The fourth-order valence-corrected chi connectivity index (χ4v) is 16.0. The van der Waals surface area contributed by atoms with E-state index in [1.165, 1.54) is 19.3 Å². The van der Waals surface area contributed by atoms with Crippen molar-refractivity contribution in [1.82, 2.24) is 20.9 Å². The van der Waals surface area contributed by atoms with Crippen molar-refractivity contribution in [3.63, 3.8) is 0 Å². The van der Waals surface area contributed by atoms with E-state index in [-0.39, 0.29) is 57.1 Å². The van der Waals surface area contributed by atoms with Gasteiger partial charge in [0.25, 0.3) is 0 Å². The van der Waals surface area contributed by atoms with Crippen LogP contribution in [0.4, 0.5) is 0 Å². The fraction of sp³-hybridized carbons (Fsp3) is 0.897. The number of hydrogen-bond donors (Lipinski definition) is 3. The van der Waals surface area contributed by atoms with E-state index in [9.17, 15) is 9.59 Å². The van der Waals surface area contributed by atoms with E-state index < -0.39 is 22.7 Å². The molecule has 4 atom stereocenters. The van der Waals surface area contributed by atoms with Gasteiger partial charge in [0.05, 0.1) is 17.3 Å². The lowest BCUT2D eigenvalue weighted by molar-refractivity contribution is -0.208. The molecule has 4 amide bonds. The lowest BCUT2D eigenvalue weighted by Gasteiger charge is -2.69. The first kappa shape index (κ1) is 32.1. The predicted molar refractivity (Wildman–Crippen MR) is 179 cm³/mol. The van der Waals surface area contributed by atoms with Gasteiger partial charge in [-0.25, -0.2) is 0 Å². The first-order valence-electron chi connectivity index (χ1n) is 19.1. The minimum absolute atomic E-state index is 0.0345. The topological polar surface area (TPSA) is 108 Å². The Morgan fingerprint density at radius 1 is 0.702 bits per heavy atom. The first-order chi connectivity index (χ1) is 21.9. The zero-order chi connectivity index (χ0) is 33.3. The Labute approximate surface area is 282 Å². The van der Waals surface area contributed by atoms with Gasteiger partial charge in [-0.05, 0) is 142 Å². The van der Waals surface area contributed by atoms with Gasteiger partial charge in [-0.15, -0.1) is 0 Å². The standard InChI is InChI=1S/C39H60N4O4/c1-32-13-26-14-33(2,17-32)22-37(15-26,21-32)30(46)42-39(11-8-12-40-29(45)16-39)43(27-9-6-7-10-28(44)41-27)31(47)38-23-34(3)18-35(4,24-38)20-36(5,19-34)25-38/h26-27H,6-25H2,1-5H3,(H,40,45)(H,41,44)(H,42,46)/t26?,27-,32?,33?,34?,35?,36?,37?,38?,39-/m0/s1. The Morgan fingerprint density at radius 3 is 1.87 bits per heavy atom. The number of carbonyl (C=O) groups excluding carboxylic acids is 4. The second-order valence-electron chi connectivity index (χ2n) is 20.8. The number of nitrogens with zero attached hydrogens (tertiary/aromatic N) is 1. The molecule has 0 aromatic heterocycles. The SMILES string of the molecule is CC12CC3CC(C)(C1)CC(C(=O)N[C@]1(N(C(=O)C45CC6(C)CC(C)(CC(C)(C6)C4)C5)[C@H]4CCCCC(=O)N4)CCCNC(=O)C1)(C3)C2. The molecule has 10 rings (SSSR count). The van der Waals surface area contributed by atoms with E-state index in [1.54, 1.807) is 0 Å². The summed E-state index contributed by atoms with van der Waals surface area (Å²) < 4.78 is 0. The van der Waals surface area contributed by atoms with Crippen LogP contribution in [0.2, 0.25) is 0 Å². The molecule has 8 saturated carbocycles. The van der Waals surface area contributed by atoms with Gasteiger partial charge in [-0.3, -0.25) is 24.1 Å². The minimum atomic E-state index is -1.19. The highest BCUT2D eigenvalue weighted by molar-refractivity contribution is 5.90. The molecular weight excluding hydrogens is 588 g/mol. The van der Waals surface area contributed by atoms with Crippen molar-refractivity contribution in [1.29, 1.82) is 0 Å².